The Balaban J connectivity index is 3.03. The van der Waals surface area contributed by atoms with Gasteiger partial charge in [-0.1, -0.05) is 30.3 Å². The first-order valence-electron chi connectivity index (χ1n) is 8.40. The Morgan fingerprint density at radius 1 is 0.963 bits per heavy atom. The SMILES string of the molecule is COCC(COCc1ccccc1)(OC(C)=O)C(COC(C)=O)OC(C)=O. The van der Waals surface area contributed by atoms with Crippen LogP contribution < -0.4 is 0 Å². The first kappa shape index (κ1) is 22.6. The Morgan fingerprint density at radius 3 is 2.15 bits per heavy atom. The van der Waals surface area contributed by atoms with Gasteiger partial charge in [-0.05, 0) is 5.56 Å². The van der Waals surface area contributed by atoms with E-state index in [1.807, 2.05) is 30.3 Å². The van der Waals surface area contributed by atoms with Crippen LogP contribution in [0.15, 0.2) is 30.3 Å². The van der Waals surface area contributed by atoms with Gasteiger partial charge in [0.15, 0.2) is 11.7 Å². The average Bonchev–Trinajstić information content (AvgIpc) is 2.58. The molecule has 0 aromatic heterocycles. The normalized spacial score (nSPS) is 13.9. The third kappa shape index (κ3) is 8.19. The number of benzene rings is 1. The van der Waals surface area contributed by atoms with E-state index < -0.39 is 29.6 Å². The molecule has 2 atom stereocenters. The van der Waals surface area contributed by atoms with Crippen molar-refractivity contribution in [2.24, 2.45) is 0 Å². The lowest BCUT2D eigenvalue weighted by Gasteiger charge is -2.37. The van der Waals surface area contributed by atoms with Gasteiger partial charge in [0.25, 0.3) is 0 Å². The number of esters is 3. The smallest absolute Gasteiger partial charge is 0.303 e. The van der Waals surface area contributed by atoms with Crippen LogP contribution in [0.3, 0.4) is 0 Å². The molecule has 1 rings (SSSR count). The highest BCUT2D eigenvalue weighted by molar-refractivity contribution is 5.68. The third-order valence-corrected chi connectivity index (χ3v) is 3.53. The number of ether oxygens (including phenoxy) is 5. The van der Waals surface area contributed by atoms with E-state index in [2.05, 4.69) is 0 Å². The van der Waals surface area contributed by atoms with Gasteiger partial charge in [0.2, 0.25) is 0 Å². The molecule has 0 fully saturated rings. The summed E-state index contributed by atoms with van der Waals surface area (Å²) in [5.41, 5.74) is -0.563. The second-order valence-electron chi connectivity index (χ2n) is 5.97. The number of carbonyl (C=O) groups excluding carboxylic acids is 3. The standard InChI is InChI=1S/C19H26O8/c1-14(20)25-11-18(26-15(2)21)19(12-23-4,27-16(3)22)13-24-10-17-8-6-5-7-9-17/h5-9,18H,10-13H2,1-4H3. The lowest BCUT2D eigenvalue weighted by atomic mass is 9.98. The highest BCUT2D eigenvalue weighted by Gasteiger charge is 2.46. The summed E-state index contributed by atoms with van der Waals surface area (Å²) in [4.78, 5) is 34.5. The topological polar surface area (TPSA) is 97.4 Å². The quantitative estimate of drug-likeness (QED) is 0.421. The summed E-state index contributed by atoms with van der Waals surface area (Å²) < 4.78 is 26.6. The van der Waals surface area contributed by atoms with Crippen molar-refractivity contribution in [1.29, 1.82) is 0 Å². The van der Waals surface area contributed by atoms with Gasteiger partial charge in [0, 0.05) is 27.9 Å². The largest absolute Gasteiger partial charge is 0.462 e. The van der Waals surface area contributed by atoms with E-state index in [1.165, 1.54) is 27.9 Å². The van der Waals surface area contributed by atoms with E-state index >= 15 is 0 Å². The van der Waals surface area contributed by atoms with Gasteiger partial charge in [0.1, 0.15) is 6.61 Å². The predicted molar refractivity (Wildman–Crippen MR) is 94.7 cm³/mol. The monoisotopic (exact) mass is 382 g/mol. The van der Waals surface area contributed by atoms with Gasteiger partial charge in [-0.2, -0.15) is 0 Å². The lowest BCUT2D eigenvalue weighted by molar-refractivity contribution is -0.213. The molecule has 0 spiro atoms. The molecule has 27 heavy (non-hydrogen) atoms. The molecular formula is C19H26O8. The van der Waals surface area contributed by atoms with Gasteiger partial charge in [-0.3, -0.25) is 14.4 Å². The van der Waals surface area contributed by atoms with Crippen molar-refractivity contribution >= 4 is 17.9 Å². The van der Waals surface area contributed by atoms with Gasteiger partial charge in [-0.15, -0.1) is 0 Å². The molecule has 0 saturated carbocycles. The van der Waals surface area contributed by atoms with Gasteiger partial charge < -0.3 is 23.7 Å². The zero-order chi connectivity index (χ0) is 20.3. The fourth-order valence-corrected chi connectivity index (χ4v) is 2.49. The highest BCUT2D eigenvalue weighted by Crippen LogP contribution is 2.23. The summed E-state index contributed by atoms with van der Waals surface area (Å²) in [5, 5.41) is 0. The Bertz CT molecular complexity index is 615. The third-order valence-electron chi connectivity index (χ3n) is 3.53. The van der Waals surface area contributed by atoms with Gasteiger partial charge >= 0.3 is 17.9 Å². The van der Waals surface area contributed by atoms with E-state index in [-0.39, 0.29) is 26.4 Å². The maximum absolute atomic E-state index is 11.7. The maximum Gasteiger partial charge on any atom is 0.303 e. The molecule has 1 aromatic carbocycles. The van der Waals surface area contributed by atoms with Crippen molar-refractivity contribution in [1.82, 2.24) is 0 Å². The number of hydrogen-bond donors (Lipinski definition) is 0. The van der Waals surface area contributed by atoms with Crippen molar-refractivity contribution in [3.63, 3.8) is 0 Å². The zero-order valence-corrected chi connectivity index (χ0v) is 16.1. The lowest BCUT2D eigenvalue weighted by Crippen LogP contribution is -2.57. The van der Waals surface area contributed by atoms with Crippen molar-refractivity contribution in [2.45, 2.75) is 39.1 Å². The van der Waals surface area contributed by atoms with Crippen LogP contribution in [0.25, 0.3) is 0 Å². The van der Waals surface area contributed by atoms with Crippen LogP contribution >= 0.6 is 0 Å². The molecule has 2 unspecified atom stereocenters. The molecule has 0 aliphatic rings. The average molecular weight is 382 g/mol. The highest BCUT2D eigenvalue weighted by atomic mass is 16.6. The molecule has 0 amide bonds. The van der Waals surface area contributed by atoms with Crippen molar-refractivity contribution < 1.29 is 38.1 Å². The second-order valence-corrected chi connectivity index (χ2v) is 5.97. The van der Waals surface area contributed by atoms with Crippen LogP contribution in [0.1, 0.15) is 26.3 Å². The molecule has 0 saturated heterocycles. The second kappa shape index (κ2) is 11.3. The molecule has 8 nitrogen and oxygen atoms in total. The van der Waals surface area contributed by atoms with E-state index in [0.717, 1.165) is 5.56 Å². The molecule has 0 heterocycles. The Kier molecular flexibility index (Phi) is 9.46. The summed E-state index contributed by atoms with van der Waals surface area (Å²) in [6.07, 6.45) is -1.10. The van der Waals surface area contributed by atoms with E-state index in [1.54, 1.807) is 0 Å². The maximum atomic E-state index is 11.7. The Labute approximate surface area is 158 Å². The van der Waals surface area contributed by atoms with Crippen LogP contribution in [-0.4, -0.2) is 56.5 Å². The number of hydrogen-bond acceptors (Lipinski definition) is 8. The summed E-state index contributed by atoms with van der Waals surface area (Å²) in [5.74, 6) is -1.80. The Hall–Kier alpha value is -2.45. The number of methoxy groups -OCH3 is 1. The summed E-state index contributed by atoms with van der Waals surface area (Å²) in [6, 6.07) is 9.39. The fourth-order valence-electron chi connectivity index (χ4n) is 2.49. The van der Waals surface area contributed by atoms with E-state index in [9.17, 15) is 14.4 Å². The molecule has 150 valence electrons. The van der Waals surface area contributed by atoms with Crippen LogP contribution in [0, 0.1) is 0 Å². The number of rotatable bonds is 11. The molecule has 0 bridgehead atoms. The molecule has 0 N–H and O–H groups in total. The van der Waals surface area contributed by atoms with Crippen molar-refractivity contribution in [2.75, 3.05) is 26.9 Å². The van der Waals surface area contributed by atoms with E-state index in [4.69, 9.17) is 23.7 Å². The van der Waals surface area contributed by atoms with Crippen LogP contribution in [-0.2, 0) is 44.7 Å². The van der Waals surface area contributed by atoms with Crippen molar-refractivity contribution in [3.05, 3.63) is 35.9 Å². The van der Waals surface area contributed by atoms with Crippen LogP contribution in [0.5, 0.6) is 0 Å². The summed E-state index contributed by atoms with van der Waals surface area (Å²) in [7, 11) is 1.41. The fraction of sp³-hybridized carbons (Fsp3) is 0.526. The molecular weight excluding hydrogens is 356 g/mol. The first-order chi connectivity index (χ1) is 12.8. The van der Waals surface area contributed by atoms with Crippen LogP contribution in [0.2, 0.25) is 0 Å². The molecule has 0 aliphatic carbocycles. The number of carbonyl (C=O) groups is 3. The summed E-state index contributed by atoms with van der Waals surface area (Å²) in [6.45, 7) is 3.33. The van der Waals surface area contributed by atoms with Crippen LogP contribution in [0.4, 0.5) is 0 Å². The van der Waals surface area contributed by atoms with Gasteiger partial charge in [-0.25, -0.2) is 0 Å². The molecule has 0 aliphatic heterocycles. The Morgan fingerprint density at radius 2 is 1.63 bits per heavy atom. The van der Waals surface area contributed by atoms with E-state index in [0.29, 0.717) is 0 Å². The predicted octanol–water partition coefficient (Wildman–Crippen LogP) is 1.65. The molecule has 1 aromatic rings. The molecule has 0 radical (unpaired) electrons. The van der Waals surface area contributed by atoms with Crippen molar-refractivity contribution in [3.8, 4) is 0 Å². The summed E-state index contributed by atoms with van der Waals surface area (Å²) >= 11 is 0. The minimum atomic E-state index is -1.48. The zero-order valence-electron chi connectivity index (χ0n) is 16.1. The molecule has 8 heteroatoms. The first-order valence-corrected chi connectivity index (χ1v) is 8.40. The minimum Gasteiger partial charge on any atom is -0.462 e. The van der Waals surface area contributed by atoms with Gasteiger partial charge in [0.05, 0.1) is 19.8 Å². The minimum absolute atomic E-state index is 0.124.